The van der Waals surface area contributed by atoms with Crippen molar-refractivity contribution in [2.75, 3.05) is 0 Å². The van der Waals surface area contributed by atoms with E-state index in [4.69, 9.17) is 11.6 Å². The second-order valence-electron chi connectivity index (χ2n) is 4.87. The van der Waals surface area contributed by atoms with Gasteiger partial charge in [-0.1, -0.05) is 23.7 Å². The zero-order valence-electron chi connectivity index (χ0n) is 10.2. The highest BCUT2D eigenvalue weighted by Crippen LogP contribution is 2.17. The van der Waals surface area contributed by atoms with Crippen molar-refractivity contribution in [1.29, 1.82) is 0 Å². The van der Waals surface area contributed by atoms with E-state index in [-0.39, 0.29) is 18.1 Å². The molecule has 2 atom stereocenters. The van der Waals surface area contributed by atoms with Crippen LogP contribution in [-0.4, -0.2) is 23.2 Å². The molecule has 1 aliphatic rings. The number of halogens is 1. The van der Waals surface area contributed by atoms with Gasteiger partial charge in [0.15, 0.2) is 0 Å². The van der Waals surface area contributed by atoms with Crippen LogP contribution in [0, 0.1) is 0 Å². The van der Waals surface area contributed by atoms with Gasteiger partial charge in [-0.25, -0.2) is 0 Å². The number of carbonyl (C=O) groups excluding carboxylic acids is 1. The van der Waals surface area contributed by atoms with Crippen molar-refractivity contribution >= 4 is 17.5 Å². The van der Waals surface area contributed by atoms with Crippen LogP contribution in [0.4, 0.5) is 0 Å². The maximum Gasteiger partial charge on any atom is 0.220 e. The number of aliphatic hydroxyl groups is 1. The van der Waals surface area contributed by atoms with Crippen molar-refractivity contribution < 1.29 is 9.90 Å². The number of aliphatic hydroxyl groups excluding tert-OH is 1. The Kier molecular flexibility index (Phi) is 4.61. The third-order valence-electron chi connectivity index (χ3n) is 3.29. The van der Waals surface area contributed by atoms with E-state index in [2.05, 4.69) is 5.32 Å². The van der Waals surface area contributed by atoms with Crippen LogP contribution in [0.15, 0.2) is 24.3 Å². The number of rotatable bonds is 5. The van der Waals surface area contributed by atoms with Crippen LogP contribution in [0.3, 0.4) is 0 Å². The van der Waals surface area contributed by atoms with Crippen molar-refractivity contribution in [1.82, 2.24) is 5.32 Å². The van der Waals surface area contributed by atoms with Gasteiger partial charge in [0.2, 0.25) is 5.91 Å². The van der Waals surface area contributed by atoms with Crippen LogP contribution in [0.1, 0.15) is 31.2 Å². The summed E-state index contributed by atoms with van der Waals surface area (Å²) < 4.78 is 0. The average Bonchev–Trinajstić information content (AvgIpc) is 2.73. The van der Waals surface area contributed by atoms with Crippen LogP contribution < -0.4 is 5.32 Å². The number of hydrogen-bond donors (Lipinski definition) is 2. The van der Waals surface area contributed by atoms with Gasteiger partial charge in [-0.05, 0) is 43.4 Å². The molecule has 98 valence electrons. The Morgan fingerprint density at radius 2 is 2.33 bits per heavy atom. The fraction of sp³-hybridized carbons (Fsp3) is 0.500. The molecule has 1 aliphatic heterocycles. The Hall–Kier alpha value is -1.06. The highest BCUT2D eigenvalue weighted by molar-refractivity contribution is 6.30. The molecular formula is C14H18ClNO2. The molecule has 0 bridgehead atoms. The Bertz CT molecular complexity index is 422. The Labute approximate surface area is 112 Å². The summed E-state index contributed by atoms with van der Waals surface area (Å²) >= 11 is 5.90. The normalized spacial score (nSPS) is 20.8. The van der Waals surface area contributed by atoms with Gasteiger partial charge in [0.25, 0.3) is 0 Å². The Morgan fingerprint density at radius 3 is 3.00 bits per heavy atom. The lowest BCUT2D eigenvalue weighted by atomic mass is 10.0. The maximum atomic E-state index is 11.0. The van der Waals surface area contributed by atoms with E-state index in [1.165, 1.54) is 0 Å². The molecule has 0 aliphatic carbocycles. The van der Waals surface area contributed by atoms with Gasteiger partial charge in [0.05, 0.1) is 6.10 Å². The van der Waals surface area contributed by atoms with E-state index in [0.717, 1.165) is 18.4 Å². The third kappa shape index (κ3) is 4.00. The molecule has 3 nitrogen and oxygen atoms in total. The van der Waals surface area contributed by atoms with Gasteiger partial charge in [-0.15, -0.1) is 0 Å². The first-order valence-electron chi connectivity index (χ1n) is 6.35. The Morgan fingerprint density at radius 1 is 1.50 bits per heavy atom. The molecule has 2 unspecified atom stereocenters. The molecule has 18 heavy (non-hydrogen) atoms. The van der Waals surface area contributed by atoms with Crippen molar-refractivity contribution in [2.24, 2.45) is 0 Å². The molecule has 0 radical (unpaired) electrons. The van der Waals surface area contributed by atoms with Gasteiger partial charge in [0.1, 0.15) is 0 Å². The summed E-state index contributed by atoms with van der Waals surface area (Å²) in [6, 6.07) is 7.80. The van der Waals surface area contributed by atoms with Crippen molar-refractivity contribution in [3.63, 3.8) is 0 Å². The fourth-order valence-corrected chi connectivity index (χ4v) is 2.54. The van der Waals surface area contributed by atoms with Crippen molar-refractivity contribution in [3.8, 4) is 0 Å². The molecule has 0 aromatic heterocycles. The van der Waals surface area contributed by atoms with Crippen LogP contribution in [0.25, 0.3) is 0 Å². The zero-order chi connectivity index (χ0) is 13.0. The topological polar surface area (TPSA) is 49.3 Å². The minimum absolute atomic E-state index is 0.129. The highest BCUT2D eigenvalue weighted by atomic mass is 35.5. The van der Waals surface area contributed by atoms with Crippen molar-refractivity contribution in [2.45, 2.75) is 44.2 Å². The summed E-state index contributed by atoms with van der Waals surface area (Å²) in [5.41, 5.74) is 1.05. The lowest BCUT2D eigenvalue weighted by molar-refractivity contribution is -0.119. The van der Waals surface area contributed by atoms with Gasteiger partial charge >= 0.3 is 0 Å². The molecule has 1 amide bonds. The maximum absolute atomic E-state index is 11.0. The molecule has 1 aromatic carbocycles. The number of nitrogens with one attached hydrogen (secondary N) is 1. The van der Waals surface area contributed by atoms with Gasteiger partial charge in [0, 0.05) is 17.5 Å². The average molecular weight is 268 g/mol. The summed E-state index contributed by atoms with van der Waals surface area (Å²) in [4.78, 5) is 11.0. The van der Waals surface area contributed by atoms with Crippen LogP contribution in [0.2, 0.25) is 5.02 Å². The first-order chi connectivity index (χ1) is 8.63. The van der Waals surface area contributed by atoms with E-state index in [1.54, 1.807) is 0 Å². The summed E-state index contributed by atoms with van der Waals surface area (Å²) in [7, 11) is 0. The highest BCUT2D eigenvalue weighted by Gasteiger charge is 2.21. The van der Waals surface area contributed by atoms with Crippen molar-refractivity contribution in [3.05, 3.63) is 34.9 Å². The smallest absolute Gasteiger partial charge is 0.220 e. The first-order valence-corrected chi connectivity index (χ1v) is 6.73. The van der Waals surface area contributed by atoms with Gasteiger partial charge in [-0.3, -0.25) is 4.79 Å². The zero-order valence-corrected chi connectivity index (χ0v) is 11.0. The van der Waals surface area contributed by atoms with Crippen LogP contribution >= 0.6 is 11.6 Å². The largest absolute Gasteiger partial charge is 0.393 e. The summed E-state index contributed by atoms with van der Waals surface area (Å²) in [5, 5.41) is 13.6. The molecule has 1 saturated heterocycles. The van der Waals surface area contributed by atoms with Crippen LogP contribution in [0.5, 0.6) is 0 Å². The molecule has 0 saturated carbocycles. The Balaban J connectivity index is 1.75. The summed E-state index contributed by atoms with van der Waals surface area (Å²) in [6.07, 6.45) is 3.30. The standard InChI is InChI=1S/C14H18ClNO2/c15-11-3-1-2-10(8-11)9-13(17)6-4-12-5-7-14(18)16-12/h1-3,8,12-13,17H,4-7,9H2,(H,16,18). The summed E-state index contributed by atoms with van der Waals surface area (Å²) in [6.45, 7) is 0. The molecule has 2 rings (SSSR count). The third-order valence-corrected chi connectivity index (χ3v) is 3.53. The van der Waals surface area contributed by atoms with E-state index < -0.39 is 0 Å². The number of amides is 1. The SMILES string of the molecule is O=C1CCC(CCC(O)Cc2cccc(Cl)c2)N1. The molecule has 1 fully saturated rings. The monoisotopic (exact) mass is 267 g/mol. The predicted octanol–water partition coefficient (Wildman–Crippen LogP) is 2.30. The predicted molar refractivity (Wildman–Crippen MR) is 71.6 cm³/mol. The number of carbonyl (C=O) groups is 1. The quantitative estimate of drug-likeness (QED) is 0.860. The second-order valence-corrected chi connectivity index (χ2v) is 5.30. The minimum Gasteiger partial charge on any atom is -0.393 e. The lowest BCUT2D eigenvalue weighted by Crippen LogP contribution is -2.26. The van der Waals surface area contributed by atoms with E-state index >= 15 is 0 Å². The molecule has 2 N–H and O–H groups in total. The minimum atomic E-state index is -0.374. The van der Waals surface area contributed by atoms with E-state index in [0.29, 0.717) is 24.3 Å². The molecule has 1 heterocycles. The molecule has 0 spiro atoms. The molecular weight excluding hydrogens is 250 g/mol. The van der Waals surface area contributed by atoms with Gasteiger partial charge < -0.3 is 10.4 Å². The molecule has 4 heteroatoms. The van der Waals surface area contributed by atoms with Crippen LogP contribution in [-0.2, 0) is 11.2 Å². The second kappa shape index (κ2) is 6.21. The molecule has 1 aromatic rings. The number of benzene rings is 1. The summed E-state index contributed by atoms with van der Waals surface area (Å²) in [5.74, 6) is 0.129. The number of hydrogen-bond acceptors (Lipinski definition) is 2. The fourth-order valence-electron chi connectivity index (χ4n) is 2.33. The van der Waals surface area contributed by atoms with E-state index in [9.17, 15) is 9.90 Å². The van der Waals surface area contributed by atoms with E-state index in [1.807, 2.05) is 24.3 Å². The van der Waals surface area contributed by atoms with Gasteiger partial charge in [-0.2, -0.15) is 0 Å². The lowest BCUT2D eigenvalue weighted by Gasteiger charge is -2.14. The first kappa shape index (κ1) is 13.4.